The van der Waals surface area contributed by atoms with Crippen molar-refractivity contribution in [3.8, 4) is 0 Å². The normalized spacial score (nSPS) is 20.8. The van der Waals surface area contributed by atoms with Crippen LogP contribution in [0.2, 0.25) is 0 Å². The molecule has 134 valence electrons. The number of halogens is 1. The van der Waals surface area contributed by atoms with Gasteiger partial charge in [0.2, 0.25) is 5.91 Å². The largest absolute Gasteiger partial charge is 0.369 e. The minimum absolute atomic E-state index is 0.0608. The first kappa shape index (κ1) is 18.8. The van der Waals surface area contributed by atoms with Crippen molar-refractivity contribution in [3.05, 3.63) is 35.6 Å². The topological polar surface area (TPSA) is 42.0 Å². The van der Waals surface area contributed by atoms with E-state index in [0.29, 0.717) is 6.61 Å². The number of morpholine rings is 1. The lowest BCUT2D eigenvalue weighted by atomic mass is 10.0. The molecule has 5 nitrogen and oxygen atoms in total. The Balaban J connectivity index is 1.89. The number of carbonyl (C=O) groups is 1. The molecule has 0 radical (unpaired) electrons. The first-order chi connectivity index (χ1) is 11.2. The number of benzene rings is 1. The van der Waals surface area contributed by atoms with E-state index in [9.17, 15) is 9.18 Å². The van der Waals surface area contributed by atoms with Crippen LogP contribution in [0.1, 0.15) is 19.4 Å². The molecule has 1 aromatic carbocycles. The highest BCUT2D eigenvalue weighted by Gasteiger charge is 2.33. The third kappa shape index (κ3) is 5.85. The average molecular weight is 338 g/mol. The summed E-state index contributed by atoms with van der Waals surface area (Å²) in [4.78, 5) is 15.3. The van der Waals surface area contributed by atoms with Gasteiger partial charge >= 0.3 is 0 Å². The fourth-order valence-electron chi connectivity index (χ4n) is 2.88. The van der Waals surface area contributed by atoms with E-state index in [1.165, 1.54) is 17.0 Å². The van der Waals surface area contributed by atoms with Crippen LogP contribution in [0.5, 0.6) is 0 Å². The number of amides is 1. The predicted octanol–water partition coefficient (Wildman–Crippen LogP) is 1.91. The Bertz CT molecular complexity index is 546. The number of hydrogen-bond donors (Lipinski definition) is 0. The molecule has 1 heterocycles. The minimum atomic E-state index is -0.294. The Morgan fingerprint density at radius 3 is 2.67 bits per heavy atom. The smallest absolute Gasteiger partial charge is 0.248 e. The highest BCUT2D eigenvalue weighted by atomic mass is 19.1. The molecule has 0 saturated carbocycles. The molecule has 1 aromatic rings. The van der Waals surface area contributed by atoms with Crippen molar-refractivity contribution < 1.29 is 18.7 Å². The third-order valence-corrected chi connectivity index (χ3v) is 3.90. The molecular weight excluding hydrogens is 311 g/mol. The van der Waals surface area contributed by atoms with Crippen LogP contribution in [0.15, 0.2) is 24.3 Å². The fraction of sp³-hybridized carbons (Fsp3) is 0.611. The van der Waals surface area contributed by atoms with Crippen LogP contribution in [0, 0.1) is 5.82 Å². The van der Waals surface area contributed by atoms with Gasteiger partial charge in [0, 0.05) is 33.7 Å². The molecule has 1 saturated heterocycles. The lowest BCUT2D eigenvalue weighted by Gasteiger charge is -2.42. The van der Waals surface area contributed by atoms with E-state index in [0.717, 1.165) is 25.2 Å². The third-order valence-electron chi connectivity index (χ3n) is 3.90. The fourth-order valence-corrected chi connectivity index (χ4v) is 2.88. The minimum Gasteiger partial charge on any atom is -0.369 e. The van der Waals surface area contributed by atoms with Crippen molar-refractivity contribution in [2.24, 2.45) is 0 Å². The van der Waals surface area contributed by atoms with Crippen LogP contribution < -0.4 is 0 Å². The molecule has 1 aliphatic rings. The molecule has 2 rings (SSSR count). The second-order valence-corrected chi connectivity index (χ2v) is 7.10. The van der Waals surface area contributed by atoms with Gasteiger partial charge in [-0.15, -0.1) is 0 Å². The van der Waals surface area contributed by atoms with Gasteiger partial charge in [0.05, 0.1) is 18.3 Å². The van der Waals surface area contributed by atoms with Crippen molar-refractivity contribution in [2.45, 2.75) is 32.1 Å². The molecule has 1 fully saturated rings. The maximum Gasteiger partial charge on any atom is 0.248 e. The maximum atomic E-state index is 13.0. The molecule has 0 spiro atoms. The van der Waals surface area contributed by atoms with Crippen molar-refractivity contribution >= 4 is 5.91 Å². The summed E-state index contributed by atoms with van der Waals surface area (Å²) in [5, 5.41) is 0. The van der Waals surface area contributed by atoms with Gasteiger partial charge in [-0.25, -0.2) is 4.39 Å². The van der Waals surface area contributed by atoms with Gasteiger partial charge in [-0.1, -0.05) is 12.1 Å². The molecule has 1 unspecified atom stereocenters. The lowest BCUT2D eigenvalue weighted by molar-refractivity contribution is -0.161. The van der Waals surface area contributed by atoms with Crippen LogP contribution >= 0.6 is 0 Å². The summed E-state index contributed by atoms with van der Waals surface area (Å²) in [6.45, 7) is 6.77. The van der Waals surface area contributed by atoms with Gasteiger partial charge in [0.25, 0.3) is 0 Å². The van der Waals surface area contributed by atoms with E-state index in [1.807, 2.05) is 13.8 Å². The number of carbonyl (C=O) groups excluding carboxylic acids is 1. The second-order valence-electron chi connectivity index (χ2n) is 7.10. The number of likely N-dealkylation sites (N-methyl/N-ethyl adjacent to an activating group) is 1. The molecule has 0 aromatic heterocycles. The number of rotatable bonds is 6. The van der Waals surface area contributed by atoms with Gasteiger partial charge < -0.3 is 14.4 Å². The zero-order valence-electron chi connectivity index (χ0n) is 14.9. The van der Waals surface area contributed by atoms with Gasteiger partial charge in [0.1, 0.15) is 12.4 Å². The molecule has 0 N–H and O–H groups in total. The van der Waals surface area contributed by atoms with Crippen molar-refractivity contribution in [3.63, 3.8) is 0 Å². The lowest BCUT2D eigenvalue weighted by Crippen LogP contribution is -2.53. The number of nitrogens with zero attached hydrogens (tertiary/aromatic N) is 2. The molecule has 0 bridgehead atoms. The van der Waals surface area contributed by atoms with Crippen LogP contribution in [0.25, 0.3) is 0 Å². The molecule has 1 atom stereocenters. The van der Waals surface area contributed by atoms with Crippen LogP contribution in [-0.2, 0) is 20.8 Å². The highest BCUT2D eigenvalue weighted by molar-refractivity contribution is 5.76. The number of ether oxygens (including phenoxy) is 2. The first-order valence-electron chi connectivity index (χ1n) is 8.18. The van der Waals surface area contributed by atoms with E-state index in [1.54, 1.807) is 26.2 Å². The Labute approximate surface area is 143 Å². The summed E-state index contributed by atoms with van der Waals surface area (Å²) in [7, 11) is 3.41. The molecule has 1 aliphatic heterocycles. The van der Waals surface area contributed by atoms with E-state index >= 15 is 0 Å². The monoisotopic (exact) mass is 338 g/mol. The van der Waals surface area contributed by atoms with Crippen LogP contribution in [0.4, 0.5) is 4.39 Å². The SMILES string of the molecule is CN(C)C(=O)COCC1CN(Cc2ccc(F)cc2)CC(C)(C)O1. The Morgan fingerprint density at radius 2 is 2.04 bits per heavy atom. The predicted molar refractivity (Wildman–Crippen MR) is 90.1 cm³/mol. The van der Waals surface area contributed by atoms with Crippen molar-refractivity contribution in [1.82, 2.24) is 9.80 Å². The summed E-state index contributed by atoms with van der Waals surface area (Å²) >= 11 is 0. The van der Waals surface area contributed by atoms with Crippen LogP contribution in [0.3, 0.4) is 0 Å². The summed E-state index contributed by atoms with van der Waals surface area (Å²) in [5.74, 6) is -0.286. The second kappa shape index (κ2) is 8.05. The van der Waals surface area contributed by atoms with Gasteiger partial charge in [-0.3, -0.25) is 9.69 Å². The molecular formula is C18H27FN2O3. The van der Waals surface area contributed by atoms with E-state index in [4.69, 9.17) is 9.47 Å². The summed E-state index contributed by atoms with van der Waals surface area (Å²) < 4.78 is 24.6. The Kier molecular flexibility index (Phi) is 6.32. The van der Waals surface area contributed by atoms with E-state index in [-0.39, 0.29) is 30.0 Å². The average Bonchev–Trinajstić information content (AvgIpc) is 2.48. The standard InChI is InChI=1S/C18H27FN2O3/c1-18(2)13-21(9-14-5-7-15(19)8-6-14)10-16(24-18)11-23-12-17(22)20(3)4/h5-8,16H,9-13H2,1-4H3. The molecule has 24 heavy (non-hydrogen) atoms. The highest BCUT2D eigenvalue weighted by Crippen LogP contribution is 2.23. The Morgan fingerprint density at radius 1 is 1.38 bits per heavy atom. The first-order valence-corrected chi connectivity index (χ1v) is 8.18. The summed E-state index contributed by atoms with van der Waals surface area (Å²) in [5.41, 5.74) is 0.772. The van der Waals surface area contributed by atoms with Crippen molar-refractivity contribution in [2.75, 3.05) is 40.4 Å². The number of hydrogen-bond acceptors (Lipinski definition) is 4. The van der Waals surface area contributed by atoms with Gasteiger partial charge in [0.15, 0.2) is 0 Å². The molecule has 6 heteroatoms. The maximum absolute atomic E-state index is 13.0. The summed E-state index contributed by atoms with van der Waals surface area (Å²) in [6.07, 6.45) is -0.0934. The zero-order valence-corrected chi connectivity index (χ0v) is 14.9. The van der Waals surface area contributed by atoms with Crippen molar-refractivity contribution in [1.29, 1.82) is 0 Å². The van der Waals surface area contributed by atoms with E-state index < -0.39 is 0 Å². The van der Waals surface area contributed by atoms with E-state index in [2.05, 4.69) is 4.90 Å². The zero-order chi connectivity index (χ0) is 17.7. The molecule has 0 aliphatic carbocycles. The van der Waals surface area contributed by atoms with Gasteiger partial charge in [-0.05, 0) is 31.5 Å². The molecule has 1 amide bonds. The quantitative estimate of drug-likeness (QED) is 0.795. The van der Waals surface area contributed by atoms with Gasteiger partial charge in [-0.2, -0.15) is 0 Å². The Hall–Kier alpha value is -1.50. The summed E-state index contributed by atoms with van der Waals surface area (Å²) in [6, 6.07) is 6.57. The van der Waals surface area contributed by atoms with Crippen LogP contribution in [-0.4, -0.2) is 67.8 Å².